The standard InChI is InChI=1S/C11H22N2O/c1-8-7-13(9(2)6-12-8)10-4-3-5-11(10)14/h8-12,14H,3-7H2,1-2H3. The number of piperazine rings is 1. The molecule has 4 atom stereocenters. The third-order valence-corrected chi connectivity index (χ3v) is 3.68. The number of hydrogen-bond acceptors (Lipinski definition) is 3. The molecule has 2 fully saturated rings. The zero-order valence-electron chi connectivity index (χ0n) is 9.24. The second kappa shape index (κ2) is 4.17. The maximum atomic E-state index is 9.88. The van der Waals surface area contributed by atoms with Crippen LogP contribution in [0.15, 0.2) is 0 Å². The molecule has 0 aromatic carbocycles. The average molecular weight is 198 g/mol. The Morgan fingerprint density at radius 1 is 1.29 bits per heavy atom. The van der Waals surface area contributed by atoms with Crippen LogP contribution in [-0.2, 0) is 0 Å². The van der Waals surface area contributed by atoms with Gasteiger partial charge in [-0.1, -0.05) is 0 Å². The predicted octanol–water partition coefficient (Wildman–Crippen LogP) is 0.582. The van der Waals surface area contributed by atoms with Gasteiger partial charge in [-0.25, -0.2) is 0 Å². The molecular weight excluding hydrogens is 176 g/mol. The summed E-state index contributed by atoms with van der Waals surface area (Å²) in [5.74, 6) is 0. The van der Waals surface area contributed by atoms with Crippen LogP contribution in [0, 0.1) is 0 Å². The van der Waals surface area contributed by atoms with Gasteiger partial charge in [-0.3, -0.25) is 4.90 Å². The summed E-state index contributed by atoms with van der Waals surface area (Å²) >= 11 is 0. The van der Waals surface area contributed by atoms with Gasteiger partial charge >= 0.3 is 0 Å². The first-order valence-electron chi connectivity index (χ1n) is 5.85. The summed E-state index contributed by atoms with van der Waals surface area (Å²) in [6, 6.07) is 1.57. The molecule has 0 aromatic rings. The molecule has 0 aromatic heterocycles. The fourth-order valence-corrected chi connectivity index (χ4v) is 2.82. The molecular formula is C11H22N2O. The summed E-state index contributed by atoms with van der Waals surface area (Å²) in [6.45, 7) is 6.62. The van der Waals surface area contributed by atoms with Crippen molar-refractivity contribution in [3.8, 4) is 0 Å². The van der Waals surface area contributed by atoms with Gasteiger partial charge in [-0.05, 0) is 33.1 Å². The van der Waals surface area contributed by atoms with Crippen LogP contribution in [0.4, 0.5) is 0 Å². The van der Waals surface area contributed by atoms with E-state index in [9.17, 15) is 5.11 Å². The van der Waals surface area contributed by atoms with Crippen LogP contribution in [0.3, 0.4) is 0 Å². The van der Waals surface area contributed by atoms with Crippen molar-refractivity contribution in [1.29, 1.82) is 0 Å². The van der Waals surface area contributed by atoms with Crippen molar-refractivity contribution in [3.05, 3.63) is 0 Å². The molecule has 2 aliphatic rings. The van der Waals surface area contributed by atoms with Gasteiger partial charge in [0.25, 0.3) is 0 Å². The smallest absolute Gasteiger partial charge is 0.0695 e. The first kappa shape index (κ1) is 10.4. The van der Waals surface area contributed by atoms with E-state index in [-0.39, 0.29) is 6.10 Å². The van der Waals surface area contributed by atoms with Crippen LogP contribution in [0.1, 0.15) is 33.1 Å². The summed E-state index contributed by atoms with van der Waals surface area (Å²) in [5, 5.41) is 13.4. The molecule has 0 spiro atoms. The van der Waals surface area contributed by atoms with Crippen LogP contribution < -0.4 is 5.32 Å². The zero-order valence-corrected chi connectivity index (χ0v) is 9.24. The van der Waals surface area contributed by atoms with Gasteiger partial charge in [-0.2, -0.15) is 0 Å². The molecule has 0 bridgehead atoms. The second-order valence-electron chi connectivity index (χ2n) is 4.92. The molecule has 0 radical (unpaired) electrons. The summed E-state index contributed by atoms with van der Waals surface area (Å²) < 4.78 is 0. The fourth-order valence-electron chi connectivity index (χ4n) is 2.82. The van der Waals surface area contributed by atoms with E-state index in [1.54, 1.807) is 0 Å². The molecule has 1 heterocycles. The molecule has 1 aliphatic carbocycles. The Balaban J connectivity index is 2.00. The maximum Gasteiger partial charge on any atom is 0.0695 e. The van der Waals surface area contributed by atoms with Gasteiger partial charge < -0.3 is 10.4 Å². The van der Waals surface area contributed by atoms with Gasteiger partial charge in [0, 0.05) is 31.2 Å². The molecule has 2 rings (SSSR count). The second-order valence-corrected chi connectivity index (χ2v) is 4.92. The molecule has 82 valence electrons. The molecule has 14 heavy (non-hydrogen) atoms. The lowest BCUT2D eigenvalue weighted by Gasteiger charge is -2.42. The van der Waals surface area contributed by atoms with Gasteiger partial charge in [0.1, 0.15) is 0 Å². The number of nitrogens with zero attached hydrogens (tertiary/aromatic N) is 1. The third-order valence-electron chi connectivity index (χ3n) is 3.68. The minimum atomic E-state index is -0.0808. The third kappa shape index (κ3) is 1.95. The summed E-state index contributed by atoms with van der Waals surface area (Å²) in [6.07, 6.45) is 3.29. The molecule has 0 amide bonds. The monoisotopic (exact) mass is 198 g/mol. The maximum absolute atomic E-state index is 9.88. The van der Waals surface area contributed by atoms with Crippen LogP contribution >= 0.6 is 0 Å². The molecule has 2 N–H and O–H groups in total. The van der Waals surface area contributed by atoms with Gasteiger partial charge in [0.2, 0.25) is 0 Å². The average Bonchev–Trinajstić information content (AvgIpc) is 2.56. The number of nitrogens with one attached hydrogen (secondary N) is 1. The Morgan fingerprint density at radius 3 is 2.71 bits per heavy atom. The van der Waals surface area contributed by atoms with E-state index in [1.165, 1.54) is 12.8 Å². The first-order valence-corrected chi connectivity index (χ1v) is 5.85. The zero-order chi connectivity index (χ0) is 10.1. The molecule has 1 saturated carbocycles. The van der Waals surface area contributed by atoms with Crippen molar-refractivity contribution in [2.75, 3.05) is 13.1 Å². The van der Waals surface area contributed by atoms with E-state index in [1.807, 2.05) is 0 Å². The lowest BCUT2D eigenvalue weighted by molar-refractivity contribution is 0.0264. The number of rotatable bonds is 1. The van der Waals surface area contributed by atoms with Crippen LogP contribution in [-0.4, -0.2) is 47.3 Å². The Morgan fingerprint density at radius 2 is 2.07 bits per heavy atom. The molecule has 1 saturated heterocycles. The number of aliphatic hydroxyl groups excluding tert-OH is 1. The molecule has 1 aliphatic heterocycles. The molecule has 3 nitrogen and oxygen atoms in total. The van der Waals surface area contributed by atoms with Gasteiger partial charge in [-0.15, -0.1) is 0 Å². The largest absolute Gasteiger partial charge is 0.391 e. The highest BCUT2D eigenvalue weighted by molar-refractivity contribution is 4.92. The molecule has 3 heteroatoms. The van der Waals surface area contributed by atoms with Gasteiger partial charge in [0.15, 0.2) is 0 Å². The van der Waals surface area contributed by atoms with Crippen LogP contribution in [0.5, 0.6) is 0 Å². The van der Waals surface area contributed by atoms with Crippen molar-refractivity contribution in [1.82, 2.24) is 10.2 Å². The first-order chi connectivity index (χ1) is 6.68. The van der Waals surface area contributed by atoms with Crippen molar-refractivity contribution in [3.63, 3.8) is 0 Å². The topological polar surface area (TPSA) is 35.5 Å². The van der Waals surface area contributed by atoms with E-state index in [2.05, 4.69) is 24.1 Å². The quantitative estimate of drug-likeness (QED) is 0.647. The minimum absolute atomic E-state index is 0.0808. The molecule has 4 unspecified atom stereocenters. The van der Waals surface area contributed by atoms with Gasteiger partial charge in [0.05, 0.1) is 6.10 Å². The highest BCUT2D eigenvalue weighted by atomic mass is 16.3. The lowest BCUT2D eigenvalue weighted by Crippen LogP contribution is -2.59. The van der Waals surface area contributed by atoms with Crippen molar-refractivity contribution >= 4 is 0 Å². The number of hydrogen-bond donors (Lipinski definition) is 2. The normalized spacial score (nSPS) is 45.6. The Bertz CT molecular complexity index is 198. The number of aliphatic hydroxyl groups is 1. The summed E-state index contributed by atoms with van der Waals surface area (Å²) in [4.78, 5) is 2.50. The Kier molecular flexibility index (Phi) is 3.10. The van der Waals surface area contributed by atoms with E-state index >= 15 is 0 Å². The van der Waals surface area contributed by atoms with Crippen LogP contribution in [0.25, 0.3) is 0 Å². The minimum Gasteiger partial charge on any atom is -0.391 e. The van der Waals surface area contributed by atoms with E-state index in [0.717, 1.165) is 19.5 Å². The van der Waals surface area contributed by atoms with Crippen molar-refractivity contribution in [2.45, 2.75) is 57.3 Å². The van der Waals surface area contributed by atoms with Crippen LogP contribution in [0.2, 0.25) is 0 Å². The van der Waals surface area contributed by atoms with Crippen molar-refractivity contribution in [2.24, 2.45) is 0 Å². The predicted molar refractivity (Wildman–Crippen MR) is 57.3 cm³/mol. The van der Waals surface area contributed by atoms with E-state index < -0.39 is 0 Å². The van der Waals surface area contributed by atoms with E-state index in [0.29, 0.717) is 18.1 Å². The fraction of sp³-hybridized carbons (Fsp3) is 1.00. The van der Waals surface area contributed by atoms with E-state index in [4.69, 9.17) is 0 Å². The summed E-state index contributed by atoms with van der Waals surface area (Å²) in [7, 11) is 0. The van der Waals surface area contributed by atoms with Crippen molar-refractivity contribution < 1.29 is 5.11 Å². The Labute approximate surface area is 86.5 Å². The Hall–Kier alpha value is -0.120. The SMILES string of the molecule is CC1CN(C2CCCC2O)C(C)CN1. The highest BCUT2D eigenvalue weighted by Gasteiger charge is 2.35. The lowest BCUT2D eigenvalue weighted by atomic mass is 10.1. The summed E-state index contributed by atoms with van der Waals surface area (Å²) in [5.41, 5.74) is 0. The highest BCUT2D eigenvalue weighted by Crippen LogP contribution is 2.26.